The highest BCUT2D eigenvalue weighted by atomic mass is 32.2. The van der Waals surface area contributed by atoms with Gasteiger partial charge in [-0.25, -0.2) is 8.42 Å². The van der Waals surface area contributed by atoms with Crippen LogP contribution in [0.5, 0.6) is 0 Å². The van der Waals surface area contributed by atoms with E-state index in [0.29, 0.717) is 54.8 Å². The Morgan fingerprint density at radius 2 is 1.80 bits per heavy atom. The summed E-state index contributed by atoms with van der Waals surface area (Å²) in [6.07, 6.45) is 11.4. The molecule has 0 bridgehead atoms. The summed E-state index contributed by atoms with van der Waals surface area (Å²) in [5, 5.41) is 31.1. The normalized spacial score (nSPS) is 32.4. The lowest BCUT2D eigenvalue weighted by atomic mass is 9.61. The number of hydrogen-bond acceptors (Lipinski definition) is 5. The Balaban J connectivity index is 1.43. The van der Waals surface area contributed by atoms with Gasteiger partial charge in [0.05, 0.1) is 28.5 Å². The van der Waals surface area contributed by atoms with Gasteiger partial charge in [0.2, 0.25) is 0 Å². The predicted octanol–water partition coefficient (Wildman–Crippen LogP) is 6.64. The van der Waals surface area contributed by atoms with Gasteiger partial charge in [-0.15, -0.1) is 0 Å². The smallest absolute Gasteiger partial charge is 0.178 e. The lowest BCUT2D eigenvalue weighted by Crippen LogP contribution is -2.36. The number of benzene rings is 1. The summed E-state index contributed by atoms with van der Waals surface area (Å²) < 4.78 is 26.5. The lowest BCUT2D eigenvalue weighted by Gasteiger charge is -2.44. The van der Waals surface area contributed by atoms with Crippen LogP contribution in [-0.2, 0) is 15.4 Å². The maximum absolute atomic E-state index is 13.3. The summed E-state index contributed by atoms with van der Waals surface area (Å²) in [6.45, 7) is 12.6. The Morgan fingerprint density at radius 1 is 1.12 bits per heavy atom. The average Bonchev–Trinajstić information content (AvgIpc) is 3.30. The van der Waals surface area contributed by atoms with Crippen LogP contribution in [0.4, 0.5) is 0 Å². The van der Waals surface area contributed by atoms with Gasteiger partial charge in [-0.3, -0.25) is 0 Å². The molecule has 222 valence electrons. The van der Waals surface area contributed by atoms with Crippen molar-refractivity contribution in [2.75, 3.05) is 5.75 Å². The lowest BCUT2D eigenvalue weighted by molar-refractivity contribution is 0.0283. The van der Waals surface area contributed by atoms with Gasteiger partial charge < -0.3 is 15.3 Å². The van der Waals surface area contributed by atoms with E-state index in [0.717, 1.165) is 48.8 Å². The molecule has 0 radical (unpaired) electrons. The molecule has 3 fully saturated rings. The maximum atomic E-state index is 13.3. The predicted molar refractivity (Wildman–Crippen MR) is 161 cm³/mol. The van der Waals surface area contributed by atoms with Crippen molar-refractivity contribution in [1.29, 1.82) is 0 Å². The number of aliphatic hydroxyl groups is 3. The molecule has 1 aromatic carbocycles. The van der Waals surface area contributed by atoms with Crippen LogP contribution in [0.3, 0.4) is 0 Å². The maximum Gasteiger partial charge on any atom is 0.178 e. The Hall–Kier alpha value is -1.73. The van der Waals surface area contributed by atoms with Crippen LogP contribution in [0.1, 0.15) is 97.5 Å². The van der Waals surface area contributed by atoms with E-state index < -0.39 is 27.6 Å². The van der Waals surface area contributed by atoms with Crippen LogP contribution in [-0.4, -0.2) is 41.7 Å². The van der Waals surface area contributed by atoms with Gasteiger partial charge in [-0.05, 0) is 110 Å². The van der Waals surface area contributed by atoms with Crippen molar-refractivity contribution in [2.45, 2.75) is 115 Å². The SMILES string of the molecule is C=C1/C(=C\C=C2/CCCC3(C)C2CCC3C(C)CCS(=O)(=O)c2ccc(C(O)(CC)CC)cc2)CC(O)CC1O. The Bertz CT molecular complexity index is 1220. The highest BCUT2D eigenvalue weighted by Crippen LogP contribution is 2.59. The number of sulfone groups is 1. The van der Waals surface area contributed by atoms with Crippen LogP contribution in [0, 0.1) is 23.2 Å². The molecule has 6 heteroatoms. The second kappa shape index (κ2) is 12.2. The van der Waals surface area contributed by atoms with Crippen LogP contribution < -0.4 is 0 Å². The van der Waals surface area contributed by atoms with Gasteiger partial charge in [0.15, 0.2) is 9.84 Å². The van der Waals surface area contributed by atoms with Crippen LogP contribution >= 0.6 is 0 Å². The third-order valence-electron chi connectivity index (χ3n) is 10.8. The Morgan fingerprint density at radius 3 is 2.45 bits per heavy atom. The Labute approximate surface area is 242 Å². The minimum Gasteiger partial charge on any atom is -0.393 e. The minimum atomic E-state index is -3.41. The van der Waals surface area contributed by atoms with Crippen molar-refractivity contribution < 1.29 is 23.7 Å². The first-order valence-corrected chi connectivity index (χ1v) is 17.0. The van der Waals surface area contributed by atoms with E-state index in [-0.39, 0.29) is 11.2 Å². The van der Waals surface area contributed by atoms with Crippen LogP contribution in [0.25, 0.3) is 0 Å². The fourth-order valence-electron chi connectivity index (χ4n) is 7.97. The monoisotopic (exact) mass is 570 g/mol. The van der Waals surface area contributed by atoms with Crippen LogP contribution in [0.2, 0.25) is 0 Å². The first kappa shape index (κ1) is 31.2. The van der Waals surface area contributed by atoms with Gasteiger partial charge >= 0.3 is 0 Å². The molecule has 0 spiro atoms. The van der Waals surface area contributed by atoms with Gasteiger partial charge in [0.25, 0.3) is 0 Å². The molecule has 3 aliphatic rings. The highest BCUT2D eigenvalue weighted by molar-refractivity contribution is 7.91. The van der Waals surface area contributed by atoms with Crippen molar-refractivity contribution >= 4 is 9.84 Å². The molecule has 0 amide bonds. The molecule has 4 rings (SSSR count). The van der Waals surface area contributed by atoms with Gasteiger partial charge in [0.1, 0.15) is 0 Å². The Kier molecular flexibility index (Phi) is 9.56. The van der Waals surface area contributed by atoms with E-state index in [1.54, 1.807) is 24.3 Å². The summed E-state index contributed by atoms with van der Waals surface area (Å²) in [4.78, 5) is 0.337. The summed E-state index contributed by atoms with van der Waals surface area (Å²) in [7, 11) is -3.41. The molecular weight excluding hydrogens is 520 g/mol. The van der Waals surface area contributed by atoms with Gasteiger partial charge in [0, 0.05) is 6.42 Å². The quantitative estimate of drug-likeness (QED) is 0.310. The zero-order valence-corrected chi connectivity index (χ0v) is 25.7. The fraction of sp³-hybridized carbons (Fsp3) is 0.647. The standard InChI is InChI=1S/C34H50O5S/c1-6-34(37,7-2)27-12-14-29(15-13-27)40(38,39)20-18-23(3)30-16-17-31-25(9-8-19-33(30,31)5)10-11-26-21-28(35)22-32(36)24(26)4/h10-15,23,28,30-32,35-37H,4,6-9,16-22H2,1-3,5H3/b25-10+,26-11-. The second-order valence-electron chi connectivity index (χ2n) is 13.0. The number of allylic oxidation sites excluding steroid dienone is 3. The third-order valence-corrected chi connectivity index (χ3v) is 12.5. The molecule has 40 heavy (non-hydrogen) atoms. The van der Waals surface area contributed by atoms with Crippen molar-refractivity contribution in [2.24, 2.45) is 23.2 Å². The average molecular weight is 571 g/mol. The summed E-state index contributed by atoms with van der Waals surface area (Å²) in [5.41, 5.74) is 3.13. The van der Waals surface area contributed by atoms with Crippen molar-refractivity contribution in [1.82, 2.24) is 0 Å². The number of rotatable bonds is 9. The molecule has 0 aliphatic heterocycles. The number of hydrogen-bond donors (Lipinski definition) is 3. The molecule has 5 nitrogen and oxygen atoms in total. The molecule has 6 atom stereocenters. The van der Waals surface area contributed by atoms with Gasteiger partial charge in [-0.1, -0.05) is 64.1 Å². The summed E-state index contributed by atoms with van der Waals surface area (Å²) >= 11 is 0. The molecular formula is C34H50O5S. The second-order valence-corrected chi connectivity index (χ2v) is 15.1. The molecule has 0 saturated heterocycles. The number of aliphatic hydroxyl groups excluding tert-OH is 2. The van der Waals surface area contributed by atoms with E-state index in [1.165, 1.54) is 5.57 Å². The van der Waals surface area contributed by atoms with Crippen molar-refractivity contribution in [3.8, 4) is 0 Å². The first-order chi connectivity index (χ1) is 18.8. The highest BCUT2D eigenvalue weighted by Gasteiger charge is 2.50. The van der Waals surface area contributed by atoms with Gasteiger partial charge in [-0.2, -0.15) is 0 Å². The third kappa shape index (κ3) is 6.21. The van der Waals surface area contributed by atoms with Crippen LogP contribution in [0.15, 0.2) is 64.6 Å². The molecule has 3 saturated carbocycles. The molecule has 3 N–H and O–H groups in total. The van der Waals surface area contributed by atoms with Crippen molar-refractivity contribution in [3.63, 3.8) is 0 Å². The molecule has 1 aromatic rings. The summed E-state index contributed by atoms with van der Waals surface area (Å²) in [6, 6.07) is 6.84. The fourth-order valence-corrected chi connectivity index (χ4v) is 9.44. The molecule has 3 aliphatic carbocycles. The molecule has 0 aromatic heterocycles. The van der Waals surface area contributed by atoms with E-state index in [4.69, 9.17) is 0 Å². The zero-order chi connectivity index (χ0) is 29.3. The van der Waals surface area contributed by atoms with Crippen molar-refractivity contribution in [3.05, 3.63) is 65.3 Å². The van der Waals surface area contributed by atoms with E-state index in [1.807, 2.05) is 13.8 Å². The van der Waals surface area contributed by atoms with E-state index in [9.17, 15) is 23.7 Å². The topological polar surface area (TPSA) is 94.8 Å². The largest absolute Gasteiger partial charge is 0.393 e. The van der Waals surface area contributed by atoms with E-state index in [2.05, 4.69) is 32.6 Å². The first-order valence-electron chi connectivity index (χ1n) is 15.3. The van der Waals surface area contributed by atoms with E-state index >= 15 is 0 Å². The molecule has 6 unspecified atom stereocenters. The minimum absolute atomic E-state index is 0.137. The number of fused-ring (bicyclic) bond motifs is 1. The summed E-state index contributed by atoms with van der Waals surface area (Å²) in [5.74, 6) is 1.40. The zero-order valence-electron chi connectivity index (χ0n) is 24.9. The molecule has 0 heterocycles.